The highest BCUT2D eigenvalue weighted by Gasteiger charge is 2.25. The zero-order valence-electron chi connectivity index (χ0n) is 17.6. The van der Waals surface area contributed by atoms with Crippen LogP contribution in [0.25, 0.3) is 0 Å². The second kappa shape index (κ2) is 10.2. The topological polar surface area (TPSA) is 75.7 Å². The van der Waals surface area contributed by atoms with E-state index in [1.54, 1.807) is 86.0 Å². The Balaban J connectivity index is 1.85. The molecule has 3 aromatic rings. The van der Waals surface area contributed by atoms with Crippen molar-refractivity contribution >= 4 is 21.6 Å². The van der Waals surface area contributed by atoms with E-state index in [-0.39, 0.29) is 23.4 Å². The Kier molecular flexibility index (Phi) is 7.44. The maximum absolute atomic E-state index is 13.3. The fourth-order valence-corrected chi connectivity index (χ4v) is 4.63. The third-order valence-corrected chi connectivity index (χ3v) is 6.50. The number of nitrogens with zero attached hydrogens (tertiary/aromatic N) is 1. The van der Waals surface area contributed by atoms with Crippen molar-refractivity contribution in [2.45, 2.75) is 24.4 Å². The second-order valence-corrected chi connectivity index (χ2v) is 9.05. The second-order valence-electron chi connectivity index (χ2n) is 7.19. The average Bonchev–Trinajstić information content (AvgIpc) is 2.79. The first-order chi connectivity index (χ1) is 14.9. The number of para-hydroxylation sites is 1. The molecule has 0 aromatic heterocycles. The van der Waals surface area contributed by atoms with Crippen molar-refractivity contribution in [2.75, 3.05) is 18.0 Å². The Labute approximate surface area is 183 Å². The maximum Gasteiger partial charge on any atom is 0.264 e. The van der Waals surface area contributed by atoms with E-state index in [1.165, 1.54) is 4.31 Å². The van der Waals surface area contributed by atoms with Gasteiger partial charge in [-0.25, -0.2) is 8.42 Å². The summed E-state index contributed by atoms with van der Waals surface area (Å²) in [5.41, 5.74) is 1.84. The van der Waals surface area contributed by atoms with Crippen LogP contribution in [0.3, 0.4) is 0 Å². The Bertz CT molecular complexity index is 1090. The number of methoxy groups -OCH3 is 1. The number of carbonyl (C=O) groups is 1. The molecule has 0 fully saturated rings. The highest BCUT2D eigenvalue weighted by Crippen LogP contribution is 2.25. The summed E-state index contributed by atoms with van der Waals surface area (Å²) in [6.45, 7) is 2.43. The number of rotatable bonds is 9. The summed E-state index contributed by atoms with van der Waals surface area (Å²) in [6, 6.07) is 24.2. The van der Waals surface area contributed by atoms with Gasteiger partial charge in [-0.15, -0.1) is 0 Å². The minimum absolute atomic E-state index is 0.109. The van der Waals surface area contributed by atoms with Gasteiger partial charge in [-0.1, -0.05) is 48.5 Å². The van der Waals surface area contributed by atoms with Gasteiger partial charge in [-0.3, -0.25) is 9.10 Å². The molecule has 0 radical (unpaired) electrons. The molecule has 162 valence electrons. The number of sulfonamides is 1. The molecule has 1 atom stereocenters. The molecule has 0 spiro atoms. The van der Waals surface area contributed by atoms with Gasteiger partial charge in [0.05, 0.1) is 23.7 Å². The van der Waals surface area contributed by atoms with Crippen LogP contribution in [0.2, 0.25) is 0 Å². The summed E-state index contributed by atoms with van der Waals surface area (Å²) >= 11 is 0. The summed E-state index contributed by atoms with van der Waals surface area (Å²) in [6.07, 6.45) is 0. The predicted molar refractivity (Wildman–Crippen MR) is 121 cm³/mol. The lowest BCUT2D eigenvalue weighted by molar-refractivity contribution is 0.0905. The molecule has 3 rings (SSSR count). The van der Waals surface area contributed by atoms with Crippen LogP contribution in [0.4, 0.5) is 5.69 Å². The molecule has 0 aliphatic heterocycles. The standard InChI is InChI=1S/C24H26N2O4S/c1-19(18-30-2)25-24(27)21-15-13-20(14-16-21)17-26(22-9-5-3-6-10-22)31(28,29)23-11-7-4-8-12-23/h3-16,19H,17-18H2,1-2H3,(H,25,27)/t19-/m1/s1. The summed E-state index contributed by atoms with van der Waals surface area (Å²) in [4.78, 5) is 12.6. The van der Waals surface area contributed by atoms with Gasteiger partial charge in [0.2, 0.25) is 0 Å². The summed E-state index contributed by atoms with van der Waals surface area (Å²) in [5, 5.41) is 2.86. The molecule has 6 nitrogen and oxygen atoms in total. The number of nitrogens with one attached hydrogen (secondary N) is 1. The van der Waals surface area contributed by atoms with Crippen LogP contribution in [0, 0.1) is 0 Å². The van der Waals surface area contributed by atoms with Gasteiger partial charge in [0.15, 0.2) is 0 Å². The van der Waals surface area contributed by atoms with E-state index in [4.69, 9.17) is 4.74 Å². The van der Waals surface area contributed by atoms with Crippen LogP contribution in [0.15, 0.2) is 89.8 Å². The van der Waals surface area contributed by atoms with Gasteiger partial charge >= 0.3 is 0 Å². The van der Waals surface area contributed by atoms with E-state index in [9.17, 15) is 13.2 Å². The number of benzene rings is 3. The Morgan fingerprint density at radius 3 is 2.10 bits per heavy atom. The Hall–Kier alpha value is -3.16. The van der Waals surface area contributed by atoms with Crippen LogP contribution in [0.1, 0.15) is 22.8 Å². The largest absolute Gasteiger partial charge is 0.383 e. The minimum Gasteiger partial charge on any atom is -0.383 e. The van der Waals surface area contributed by atoms with Gasteiger partial charge in [-0.05, 0) is 48.9 Å². The van der Waals surface area contributed by atoms with Crippen molar-refractivity contribution in [2.24, 2.45) is 0 Å². The van der Waals surface area contributed by atoms with E-state index in [1.807, 2.05) is 13.0 Å². The monoisotopic (exact) mass is 438 g/mol. The first kappa shape index (κ1) is 22.5. The zero-order chi connectivity index (χ0) is 22.3. The molecule has 0 aliphatic carbocycles. The highest BCUT2D eigenvalue weighted by molar-refractivity contribution is 7.92. The molecule has 0 heterocycles. The van der Waals surface area contributed by atoms with Crippen molar-refractivity contribution in [1.82, 2.24) is 5.32 Å². The molecule has 1 amide bonds. The number of hydrogen-bond acceptors (Lipinski definition) is 4. The normalized spacial score (nSPS) is 12.2. The van der Waals surface area contributed by atoms with Crippen LogP contribution in [0.5, 0.6) is 0 Å². The van der Waals surface area contributed by atoms with Gasteiger partial charge in [-0.2, -0.15) is 0 Å². The van der Waals surface area contributed by atoms with Crippen molar-refractivity contribution < 1.29 is 17.9 Å². The number of carbonyl (C=O) groups excluding carboxylic acids is 1. The van der Waals surface area contributed by atoms with Gasteiger partial charge in [0.1, 0.15) is 0 Å². The molecule has 0 bridgehead atoms. The van der Waals surface area contributed by atoms with E-state index < -0.39 is 10.0 Å². The Morgan fingerprint density at radius 1 is 0.935 bits per heavy atom. The molecular formula is C24H26N2O4S. The van der Waals surface area contributed by atoms with Crippen molar-refractivity contribution in [3.05, 3.63) is 96.1 Å². The molecule has 0 saturated carbocycles. The third kappa shape index (κ3) is 5.71. The van der Waals surface area contributed by atoms with E-state index in [0.717, 1.165) is 5.56 Å². The fraction of sp³-hybridized carbons (Fsp3) is 0.208. The molecule has 0 saturated heterocycles. The van der Waals surface area contributed by atoms with Crippen LogP contribution < -0.4 is 9.62 Å². The van der Waals surface area contributed by atoms with Crippen molar-refractivity contribution in [3.63, 3.8) is 0 Å². The molecule has 1 N–H and O–H groups in total. The van der Waals surface area contributed by atoms with Crippen LogP contribution in [-0.4, -0.2) is 34.1 Å². The highest BCUT2D eigenvalue weighted by atomic mass is 32.2. The summed E-state index contributed by atoms with van der Waals surface area (Å²) in [7, 11) is -2.18. The first-order valence-electron chi connectivity index (χ1n) is 9.93. The fourth-order valence-electron chi connectivity index (χ4n) is 3.16. The van der Waals surface area contributed by atoms with E-state index >= 15 is 0 Å². The average molecular weight is 439 g/mol. The molecular weight excluding hydrogens is 412 g/mol. The molecule has 7 heteroatoms. The first-order valence-corrected chi connectivity index (χ1v) is 11.4. The zero-order valence-corrected chi connectivity index (χ0v) is 18.4. The lowest BCUT2D eigenvalue weighted by Crippen LogP contribution is -2.35. The van der Waals surface area contributed by atoms with E-state index in [2.05, 4.69) is 5.32 Å². The smallest absolute Gasteiger partial charge is 0.264 e. The number of anilines is 1. The third-order valence-electron chi connectivity index (χ3n) is 4.71. The van der Waals surface area contributed by atoms with Gasteiger partial charge in [0.25, 0.3) is 15.9 Å². The van der Waals surface area contributed by atoms with E-state index in [0.29, 0.717) is 17.9 Å². The lowest BCUT2D eigenvalue weighted by atomic mass is 10.1. The predicted octanol–water partition coefficient (Wildman–Crippen LogP) is 3.85. The van der Waals surface area contributed by atoms with Crippen molar-refractivity contribution in [3.8, 4) is 0 Å². The number of ether oxygens (including phenoxy) is 1. The molecule has 31 heavy (non-hydrogen) atoms. The maximum atomic E-state index is 13.3. The van der Waals surface area contributed by atoms with Gasteiger partial charge in [0, 0.05) is 18.7 Å². The Morgan fingerprint density at radius 2 is 1.52 bits per heavy atom. The van der Waals surface area contributed by atoms with Gasteiger partial charge < -0.3 is 10.1 Å². The lowest BCUT2D eigenvalue weighted by Gasteiger charge is -2.25. The van der Waals surface area contributed by atoms with Crippen molar-refractivity contribution in [1.29, 1.82) is 0 Å². The minimum atomic E-state index is -3.76. The quantitative estimate of drug-likeness (QED) is 0.551. The SMILES string of the molecule is COC[C@@H](C)NC(=O)c1ccc(CN(c2ccccc2)S(=O)(=O)c2ccccc2)cc1. The van der Waals surface area contributed by atoms with Crippen LogP contribution in [-0.2, 0) is 21.3 Å². The number of amides is 1. The van der Waals surface area contributed by atoms with Crippen LogP contribution >= 0.6 is 0 Å². The summed E-state index contributed by atoms with van der Waals surface area (Å²) < 4.78 is 33.1. The molecule has 0 unspecified atom stereocenters. The molecule has 0 aliphatic rings. The summed E-state index contributed by atoms with van der Waals surface area (Å²) in [5.74, 6) is -0.201. The molecule has 3 aromatic carbocycles. The number of hydrogen-bond donors (Lipinski definition) is 1.